The topological polar surface area (TPSA) is 105 Å². The molecule has 1 rings (SSSR count). The summed E-state index contributed by atoms with van der Waals surface area (Å²) in [5.41, 5.74) is 0.277. The second kappa shape index (κ2) is 7.85. The molecule has 0 bridgehead atoms. The minimum atomic E-state index is -1.25. The molecule has 0 aliphatic heterocycles. The second-order valence-electron chi connectivity index (χ2n) is 8.18. The third-order valence-electron chi connectivity index (χ3n) is 3.65. The maximum Gasteiger partial charge on any atom is 0.408 e. The molecule has 0 radical (unpaired) electrons. The monoisotopic (exact) mass is 367 g/mol. The van der Waals surface area contributed by atoms with E-state index in [1.165, 1.54) is 7.11 Å². The van der Waals surface area contributed by atoms with Crippen LogP contribution in [-0.4, -0.2) is 41.0 Å². The molecule has 0 aliphatic carbocycles. The Bertz CT molecular complexity index is 670. The van der Waals surface area contributed by atoms with Gasteiger partial charge in [-0.15, -0.1) is 0 Å². The lowest BCUT2D eigenvalue weighted by atomic mass is 9.85. The molecule has 7 nitrogen and oxygen atoms in total. The van der Waals surface area contributed by atoms with E-state index < -0.39 is 23.7 Å². The van der Waals surface area contributed by atoms with E-state index in [-0.39, 0.29) is 23.3 Å². The maximum atomic E-state index is 11.9. The number of methoxy groups -OCH3 is 1. The van der Waals surface area contributed by atoms with Gasteiger partial charge in [0.1, 0.15) is 11.6 Å². The molecular formula is C19H29NO6. The molecule has 0 heterocycles. The largest absolute Gasteiger partial charge is 0.504 e. The summed E-state index contributed by atoms with van der Waals surface area (Å²) in [7, 11) is 1.43. The number of alkyl carbamates (subject to hydrolysis) is 1. The number of benzene rings is 1. The number of carbonyl (C=O) groups excluding carboxylic acids is 1. The van der Waals surface area contributed by atoms with Gasteiger partial charge in [0.2, 0.25) is 0 Å². The van der Waals surface area contributed by atoms with Crippen LogP contribution in [0.4, 0.5) is 4.79 Å². The molecule has 1 aromatic carbocycles. The first kappa shape index (κ1) is 21.6. The molecule has 0 aromatic heterocycles. The Labute approximate surface area is 154 Å². The number of carbonyl (C=O) groups is 2. The zero-order valence-electron chi connectivity index (χ0n) is 16.5. The fourth-order valence-corrected chi connectivity index (χ4v) is 2.28. The highest BCUT2D eigenvalue weighted by Crippen LogP contribution is 2.36. The zero-order valence-corrected chi connectivity index (χ0v) is 16.5. The van der Waals surface area contributed by atoms with Crippen molar-refractivity contribution in [1.82, 2.24) is 5.32 Å². The molecule has 3 N–H and O–H groups in total. The van der Waals surface area contributed by atoms with E-state index in [4.69, 9.17) is 9.47 Å². The standard InChI is InChI=1S/C19H29NO6/c1-18(2,3)12-8-11(15(21)14(10-12)25-7)9-13(16(22)23)20-17(24)26-19(4,5)6/h8,10,13,21H,9H2,1-7H3,(H,20,24)(H,22,23). The smallest absolute Gasteiger partial charge is 0.408 e. The Hall–Kier alpha value is -2.44. The molecule has 7 heteroatoms. The van der Waals surface area contributed by atoms with Crippen LogP contribution in [0, 0.1) is 0 Å². The Kier molecular flexibility index (Phi) is 6.52. The van der Waals surface area contributed by atoms with Crippen LogP contribution in [0.5, 0.6) is 11.5 Å². The molecule has 146 valence electrons. The maximum absolute atomic E-state index is 11.9. The highest BCUT2D eigenvalue weighted by molar-refractivity contribution is 5.80. The van der Waals surface area contributed by atoms with Crippen molar-refractivity contribution in [1.29, 1.82) is 0 Å². The highest BCUT2D eigenvalue weighted by atomic mass is 16.6. The van der Waals surface area contributed by atoms with E-state index in [1.54, 1.807) is 32.9 Å². The van der Waals surface area contributed by atoms with Crippen LogP contribution in [0.15, 0.2) is 12.1 Å². The van der Waals surface area contributed by atoms with Gasteiger partial charge in [-0.2, -0.15) is 0 Å². The van der Waals surface area contributed by atoms with Crippen molar-refractivity contribution in [2.45, 2.75) is 65.0 Å². The van der Waals surface area contributed by atoms with Crippen LogP contribution in [-0.2, 0) is 21.4 Å². The molecule has 0 spiro atoms. The number of phenolic OH excluding ortho intramolecular Hbond substituents is 1. The molecule has 0 fully saturated rings. The van der Waals surface area contributed by atoms with E-state index in [0.29, 0.717) is 5.56 Å². The molecule has 0 saturated heterocycles. The van der Waals surface area contributed by atoms with Crippen molar-refractivity contribution in [3.8, 4) is 11.5 Å². The fourth-order valence-electron chi connectivity index (χ4n) is 2.28. The fraction of sp³-hybridized carbons (Fsp3) is 0.579. The van der Waals surface area contributed by atoms with Gasteiger partial charge in [-0.1, -0.05) is 26.8 Å². The Morgan fingerprint density at radius 2 is 1.73 bits per heavy atom. The minimum absolute atomic E-state index is 0.110. The predicted octanol–water partition coefficient (Wildman–Crippen LogP) is 3.22. The van der Waals surface area contributed by atoms with E-state index in [2.05, 4.69) is 5.32 Å². The first-order valence-electron chi connectivity index (χ1n) is 8.37. The summed E-state index contributed by atoms with van der Waals surface area (Å²) in [6, 6.07) is 2.19. The SMILES string of the molecule is COc1cc(C(C)(C)C)cc(CC(NC(=O)OC(C)(C)C)C(=O)O)c1O. The number of aliphatic carboxylic acids is 1. The third kappa shape index (κ3) is 6.13. The Balaban J connectivity index is 3.15. The van der Waals surface area contributed by atoms with E-state index in [0.717, 1.165) is 5.56 Å². The van der Waals surface area contributed by atoms with Gasteiger partial charge in [0, 0.05) is 12.0 Å². The average molecular weight is 367 g/mol. The summed E-state index contributed by atoms with van der Waals surface area (Å²) in [4.78, 5) is 23.5. The van der Waals surface area contributed by atoms with Gasteiger partial charge in [-0.05, 0) is 37.8 Å². The van der Waals surface area contributed by atoms with E-state index >= 15 is 0 Å². The lowest BCUT2D eigenvalue weighted by Gasteiger charge is -2.24. The molecule has 1 aromatic rings. The van der Waals surface area contributed by atoms with Crippen LogP contribution >= 0.6 is 0 Å². The van der Waals surface area contributed by atoms with Gasteiger partial charge in [0.25, 0.3) is 0 Å². The Morgan fingerprint density at radius 1 is 1.15 bits per heavy atom. The number of nitrogens with one attached hydrogen (secondary N) is 1. The van der Waals surface area contributed by atoms with Crippen molar-refractivity contribution in [2.75, 3.05) is 7.11 Å². The quantitative estimate of drug-likeness (QED) is 0.738. The van der Waals surface area contributed by atoms with Gasteiger partial charge in [-0.25, -0.2) is 9.59 Å². The van der Waals surface area contributed by atoms with Gasteiger partial charge in [0.05, 0.1) is 7.11 Å². The summed E-state index contributed by atoms with van der Waals surface area (Å²) in [6.07, 6.45) is -0.941. The number of ether oxygens (including phenoxy) is 2. The lowest BCUT2D eigenvalue weighted by Crippen LogP contribution is -2.44. The minimum Gasteiger partial charge on any atom is -0.504 e. The van der Waals surface area contributed by atoms with Crippen LogP contribution in [0.1, 0.15) is 52.7 Å². The molecule has 26 heavy (non-hydrogen) atoms. The van der Waals surface area contributed by atoms with Crippen molar-refractivity contribution in [2.24, 2.45) is 0 Å². The molecule has 1 unspecified atom stereocenters. The number of phenols is 1. The molecule has 1 atom stereocenters. The van der Waals surface area contributed by atoms with E-state index in [1.807, 2.05) is 20.8 Å². The van der Waals surface area contributed by atoms with Crippen molar-refractivity contribution in [3.05, 3.63) is 23.3 Å². The Morgan fingerprint density at radius 3 is 2.15 bits per heavy atom. The average Bonchev–Trinajstić information content (AvgIpc) is 2.45. The first-order valence-corrected chi connectivity index (χ1v) is 8.37. The van der Waals surface area contributed by atoms with Gasteiger partial charge in [-0.3, -0.25) is 0 Å². The van der Waals surface area contributed by atoms with Crippen LogP contribution in [0.3, 0.4) is 0 Å². The van der Waals surface area contributed by atoms with E-state index in [9.17, 15) is 19.8 Å². The summed E-state index contributed by atoms with van der Waals surface area (Å²) in [5.74, 6) is -1.11. The lowest BCUT2D eigenvalue weighted by molar-refractivity contribution is -0.139. The van der Waals surface area contributed by atoms with Crippen LogP contribution in [0.2, 0.25) is 0 Å². The van der Waals surface area contributed by atoms with Gasteiger partial charge < -0.3 is 25.0 Å². The summed E-state index contributed by atoms with van der Waals surface area (Å²) in [5, 5.41) is 22.1. The number of aromatic hydroxyl groups is 1. The van der Waals surface area contributed by atoms with Crippen molar-refractivity contribution < 1.29 is 29.3 Å². The summed E-state index contributed by atoms with van der Waals surface area (Å²) >= 11 is 0. The first-order chi connectivity index (χ1) is 11.7. The predicted molar refractivity (Wildman–Crippen MR) is 97.9 cm³/mol. The number of amides is 1. The number of hydrogen-bond donors (Lipinski definition) is 3. The molecular weight excluding hydrogens is 338 g/mol. The van der Waals surface area contributed by atoms with Crippen molar-refractivity contribution in [3.63, 3.8) is 0 Å². The summed E-state index contributed by atoms with van der Waals surface area (Å²) < 4.78 is 10.3. The normalized spacial score (nSPS) is 13.0. The van der Waals surface area contributed by atoms with Gasteiger partial charge in [0.15, 0.2) is 11.5 Å². The number of carboxylic acid groups (broad SMARTS) is 1. The van der Waals surface area contributed by atoms with Crippen LogP contribution in [0.25, 0.3) is 0 Å². The zero-order chi connectivity index (χ0) is 20.3. The van der Waals surface area contributed by atoms with Crippen LogP contribution < -0.4 is 10.1 Å². The molecule has 1 amide bonds. The van der Waals surface area contributed by atoms with Crippen molar-refractivity contribution >= 4 is 12.1 Å². The second-order valence-corrected chi connectivity index (χ2v) is 8.18. The third-order valence-corrected chi connectivity index (χ3v) is 3.65. The van der Waals surface area contributed by atoms with Gasteiger partial charge >= 0.3 is 12.1 Å². The number of rotatable bonds is 5. The molecule has 0 saturated carbocycles. The highest BCUT2D eigenvalue weighted by Gasteiger charge is 2.27. The number of carboxylic acids is 1. The molecule has 0 aliphatic rings. The summed E-state index contributed by atoms with van der Waals surface area (Å²) in [6.45, 7) is 11.0. The number of hydrogen-bond acceptors (Lipinski definition) is 5.